The fourth-order valence-corrected chi connectivity index (χ4v) is 1.99. The summed E-state index contributed by atoms with van der Waals surface area (Å²) < 4.78 is 37.0. The monoisotopic (exact) mass is 285 g/mol. The Balaban J connectivity index is 2.93. The van der Waals surface area contributed by atoms with Gasteiger partial charge in [-0.1, -0.05) is 17.7 Å². The third-order valence-electron chi connectivity index (χ3n) is 2.30. The SMILES string of the molecule is CCN(CC(F)(F)F)c1ccc(CCl)c(Cl)c1. The number of alkyl halides is 4. The van der Waals surface area contributed by atoms with Gasteiger partial charge in [-0.05, 0) is 24.6 Å². The molecule has 0 spiro atoms. The predicted octanol–water partition coefficient (Wildman–Crippen LogP) is 4.47. The lowest BCUT2D eigenvalue weighted by atomic mass is 10.2. The molecule has 0 amide bonds. The minimum absolute atomic E-state index is 0.241. The van der Waals surface area contributed by atoms with Gasteiger partial charge in [0.05, 0.1) is 0 Å². The highest BCUT2D eigenvalue weighted by Crippen LogP contribution is 2.27. The first-order valence-corrected chi connectivity index (χ1v) is 5.94. The molecule has 1 aromatic carbocycles. The summed E-state index contributed by atoms with van der Waals surface area (Å²) in [7, 11) is 0. The van der Waals surface area contributed by atoms with Gasteiger partial charge in [0.15, 0.2) is 0 Å². The van der Waals surface area contributed by atoms with Crippen molar-refractivity contribution in [3.63, 3.8) is 0 Å². The van der Waals surface area contributed by atoms with Crippen LogP contribution >= 0.6 is 23.2 Å². The zero-order valence-corrected chi connectivity index (χ0v) is 10.7. The quantitative estimate of drug-likeness (QED) is 0.738. The zero-order chi connectivity index (χ0) is 13.1. The minimum Gasteiger partial charge on any atom is -0.363 e. The van der Waals surface area contributed by atoms with E-state index in [1.807, 2.05) is 0 Å². The van der Waals surface area contributed by atoms with Gasteiger partial charge in [-0.3, -0.25) is 0 Å². The second-order valence-electron chi connectivity index (χ2n) is 3.54. The molecule has 0 aliphatic heterocycles. The van der Waals surface area contributed by atoms with E-state index < -0.39 is 12.7 Å². The number of hydrogen-bond acceptors (Lipinski definition) is 1. The van der Waals surface area contributed by atoms with E-state index in [0.29, 0.717) is 16.3 Å². The molecule has 17 heavy (non-hydrogen) atoms. The van der Waals surface area contributed by atoms with E-state index in [0.717, 1.165) is 0 Å². The Kier molecular flexibility index (Phi) is 4.95. The van der Waals surface area contributed by atoms with E-state index in [2.05, 4.69) is 0 Å². The number of benzene rings is 1. The van der Waals surface area contributed by atoms with Crippen molar-refractivity contribution in [2.24, 2.45) is 0 Å². The van der Waals surface area contributed by atoms with Gasteiger partial charge in [-0.25, -0.2) is 0 Å². The Labute approximate surface area is 108 Å². The molecule has 0 aliphatic rings. The van der Waals surface area contributed by atoms with Crippen LogP contribution in [0.4, 0.5) is 18.9 Å². The second kappa shape index (κ2) is 5.83. The number of hydrogen-bond donors (Lipinski definition) is 0. The molecular formula is C11H12Cl2F3N. The van der Waals surface area contributed by atoms with Crippen LogP contribution in [-0.2, 0) is 5.88 Å². The van der Waals surface area contributed by atoms with Crippen molar-refractivity contribution in [2.75, 3.05) is 18.0 Å². The molecule has 0 atom stereocenters. The third-order valence-corrected chi connectivity index (χ3v) is 2.94. The summed E-state index contributed by atoms with van der Waals surface area (Å²) in [5, 5.41) is 0.387. The molecular weight excluding hydrogens is 274 g/mol. The summed E-state index contributed by atoms with van der Waals surface area (Å²) in [6.07, 6.45) is -4.23. The Morgan fingerprint density at radius 1 is 1.29 bits per heavy atom. The van der Waals surface area contributed by atoms with Crippen LogP contribution in [0.2, 0.25) is 5.02 Å². The van der Waals surface area contributed by atoms with Crippen molar-refractivity contribution in [2.45, 2.75) is 19.0 Å². The molecule has 96 valence electrons. The molecule has 0 unspecified atom stereocenters. The number of nitrogens with zero attached hydrogens (tertiary/aromatic N) is 1. The van der Waals surface area contributed by atoms with E-state index in [-0.39, 0.29) is 12.4 Å². The van der Waals surface area contributed by atoms with Crippen LogP contribution in [0.3, 0.4) is 0 Å². The number of rotatable bonds is 4. The van der Waals surface area contributed by atoms with Crippen molar-refractivity contribution in [1.29, 1.82) is 0 Å². The Bertz CT molecular complexity index is 379. The fraction of sp³-hybridized carbons (Fsp3) is 0.455. The molecule has 0 N–H and O–H groups in total. The van der Waals surface area contributed by atoms with Crippen molar-refractivity contribution in [3.8, 4) is 0 Å². The average molecular weight is 286 g/mol. The van der Waals surface area contributed by atoms with E-state index in [1.165, 1.54) is 11.0 Å². The van der Waals surface area contributed by atoms with Gasteiger partial charge >= 0.3 is 6.18 Å². The number of halogens is 5. The third kappa shape index (κ3) is 4.28. The van der Waals surface area contributed by atoms with Crippen LogP contribution < -0.4 is 4.90 Å². The number of anilines is 1. The van der Waals surface area contributed by atoms with Gasteiger partial charge in [-0.2, -0.15) is 13.2 Å². The van der Waals surface area contributed by atoms with Gasteiger partial charge < -0.3 is 4.90 Å². The first-order chi connectivity index (χ1) is 7.87. The Hall–Kier alpha value is -0.610. The normalized spacial score (nSPS) is 11.6. The lowest BCUT2D eigenvalue weighted by Crippen LogP contribution is -2.34. The van der Waals surface area contributed by atoms with Crippen LogP contribution in [0.5, 0.6) is 0 Å². The predicted molar refractivity (Wildman–Crippen MR) is 65.0 cm³/mol. The molecule has 0 bridgehead atoms. The lowest BCUT2D eigenvalue weighted by molar-refractivity contribution is -0.119. The van der Waals surface area contributed by atoms with Gasteiger partial charge in [-0.15, -0.1) is 11.6 Å². The summed E-state index contributed by atoms with van der Waals surface area (Å²) >= 11 is 11.5. The maximum absolute atomic E-state index is 12.3. The first-order valence-electron chi connectivity index (χ1n) is 5.03. The van der Waals surface area contributed by atoms with Gasteiger partial charge in [0.25, 0.3) is 0 Å². The van der Waals surface area contributed by atoms with Gasteiger partial charge in [0, 0.05) is 23.1 Å². The second-order valence-corrected chi connectivity index (χ2v) is 4.21. The van der Waals surface area contributed by atoms with Crippen molar-refractivity contribution in [1.82, 2.24) is 0 Å². The molecule has 0 fully saturated rings. The molecule has 6 heteroatoms. The highest BCUT2D eigenvalue weighted by Gasteiger charge is 2.30. The van der Waals surface area contributed by atoms with Crippen LogP contribution in [0.1, 0.15) is 12.5 Å². The molecule has 1 nitrogen and oxygen atoms in total. The standard InChI is InChI=1S/C11H12Cl2F3N/c1-2-17(7-11(14,15)16)9-4-3-8(6-12)10(13)5-9/h3-5H,2,6-7H2,1H3. The first kappa shape index (κ1) is 14.5. The molecule has 1 aromatic rings. The molecule has 0 heterocycles. The summed E-state index contributed by atoms with van der Waals surface area (Å²) in [5.74, 6) is 0.241. The zero-order valence-electron chi connectivity index (χ0n) is 9.19. The molecule has 0 saturated heterocycles. The average Bonchev–Trinajstić information content (AvgIpc) is 2.24. The van der Waals surface area contributed by atoms with Crippen LogP contribution in [0.15, 0.2) is 18.2 Å². The van der Waals surface area contributed by atoms with Crippen molar-refractivity contribution >= 4 is 28.9 Å². The lowest BCUT2D eigenvalue weighted by Gasteiger charge is -2.24. The highest BCUT2D eigenvalue weighted by molar-refractivity contribution is 6.32. The van der Waals surface area contributed by atoms with Gasteiger partial charge in [0.2, 0.25) is 0 Å². The van der Waals surface area contributed by atoms with E-state index >= 15 is 0 Å². The topological polar surface area (TPSA) is 3.24 Å². The van der Waals surface area contributed by atoms with E-state index in [9.17, 15) is 13.2 Å². The molecule has 0 aliphatic carbocycles. The molecule has 0 aromatic heterocycles. The smallest absolute Gasteiger partial charge is 0.363 e. The van der Waals surface area contributed by atoms with Crippen molar-refractivity contribution in [3.05, 3.63) is 28.8 Å². The largest absolute Gasteiger partial charge is 0.405 e. The van der Waals surface area contributed by atoms with Crippen LogP contribution in [-0.4, -0.2) is 19.3 Å². The van der Waals surface area contributed by atoms with Crippen LogP contribution in [0.25, 0.3) is 0 Å². The van der Waals surface area contributed by atoms with E-state index in [1.54, 1.807) is 19.1 Å². The molecule has 1 rings (SSSR count). The molecule has 0 radical (unpaired) electrons. The highest BCUT2D eigenvalue weighted by atomic mass is 35.5. The maximum atomic E-state index is 12.3. The fourth-order valence-electron chi connectivity index (χ4n) is 1.44. The Morgan fingerprint density at radius 2 is 1.94 bits per heavy atom. The van der Waals surface area contributed by atoms with E-state index in [4.69, 9.17) is 23.2 Å². The summed E-state index contributed by atoms with van der Waals surface area (Å²) in [5.41, 5.74) is 1.16. The summed E-state index contributed by atoms with van der Waals surface area (Å²) in [6.45, 7) is 0.936. The minimum atomic E-state index is -4.23. The maximum Gasteiger partial charge on any atom is 0.405 e. The van der Waals surface area contributed by atoms with Crippen LogP contribution in [0, 0.1) is 0 Å². The Morgan fingerprint density at radius 3 is 2.35 bits per heavy atom. The summed E-state index contributed by atoms with van der Waals surface area (Å²) in [4.78, 5) is 1.21. The summed E-state index contributed by atoms with van der Waals surface area (Å²) in [6, 6.07) is 4.75. The molecule has 0 saturated carbocycles. The van der Waals surface area contributed by atoms with Crippen molar-refractivity contribution < 1.29 is 13.2 Å². The van der Waals surface area contributed by atoms with Gasteiger partial charge in [0.1, 0.15) is 6.54 Å².